The maximum atomic E-state index is 9.28. The molecule has 0 amide bonds. The molecule has 1 nitrogen and oxygen atoms in total. The van der Waals surface area contributed by atoms with Crippen LogP contribution in [0.25, 0.3) is 6.08 Å². The van der Waals surface area contributed by atoms with Crippen LogP contribution in [-0.2, 0) is 6.61 Å². The summed E-state index contributed by atoms with van der Waals surface area (Å²) < 4.78 is 0. The monoisotopic (exact) mass is 278 g/mol. The first-order chi connectivity index (χ1) is 8.13. The van der Waals surface area contributed by atoms with Gasteiger partial charge >= 0.3 is 0 Å². The summed E-state index contributed by atoms with van der Waals surface area (Å²) in [6, 6.07) is 6.39. The van der Waals surface area contributed by atoms with E-state index in [0.29, 0.717) is 0 Å². The maximum absolute atomic E-state index is 9.28. The van der Waals surface area contributed by atoms with E-state index in [9.17, 15) is 5.11 Å². The summed E-state index contributed by atoms with van der Waals surface area (Å²) in [5.41, 5.74) is 4.76. The number of hydrogen-bond acceptors (Lipinski definition) is 1. The van der Waals surface area contributed by atoms with E-state index in [0.717, 1.165) is 5.56 Å². The van der Waals surface area contributed by atoms with Gasteiger partial charge in [-0.15, -0.1) is 0 Å². The standard InChI is InChI=1S/C15H26OSi2/c1-17(2,3)10-9-14-8-7-13(12-16)11-15(14)18(4,5)6/h7-11,16H,12H2,1-6H3. The van der Waals surface area contributed by atoms with Crippen molar-refractivity contribution in [3.8, 4) is 0 Å². The zero-order valence-electron chi connectivity index (χ0n) is 12.5. The highest BCUT2D eigenvalue weighted by Crippen LogP contribution is 2.13. The van der Waals surface area contributed by atoms with Crippen LogP contribution in [0.15, 0.2) is 23.9 Å². The molecule has 0 aromatic heterocycles. The molecule has 0 saturated heterocycles. The maximum Gasteiger partial charge on any atom is 0.0783 e. The molecule has 1 N–H and O–H groups in total. The van der Waals surface area contributed by atoms with Crippen LogP contribution >= 0.6 is 0 Å². The normalized spacial score (nSPS) is 13.3. The summed E-state index contributed by atoms with van der Waals surface area (Å²) in [5, 5.41) is 10.7. The molecule has 0 aliphatic heterocycles. The van der Waals surface area contributed by atoms with Crippen LogP contribution in [0.1, 0.15) is 11.1 Å². The second-order valence-corrected chi connectivity index (χ2v) is 17.1. The number of aliphatic hydroxyl groups is 1. The Labute approximate surface area is 114 Å². The fourth-order valence-corrected chi connectivity index (χ4v) is 4.17. The molecule has 0 radical (unpaired) electrons. The van der Waals surface area contributed by atoms with Crippen molar-refractivity contribution in [3.63, 3.8) is 0 Å². The van der Waals surface area contributed by atoms with Crippen molar-refractivity contribution in [3.05, 3.63) is 35.0 Å². The average Bonchev–Trinajstić information content (AvgIpc) is 2.24. The van der Waals surface area contributed by atoms with E-state index in [1.165, 1.54) is 10.8 Å². The molecule has 18 heavy (non-hydrogen) atoms. The predicted molar refractivity (Wildman–Crippen MR) is 87.7 cm³/mol. The van der Waals surface area contributed by atoms with Gasteiger partial charge in [0.25, 0.3) is 0 Å². The molecule has 0 aliphatic rings. The summed E-state index contributed by atoms with van der Waals surface area (Å²) in [4.78, 5) is 0. The minimum Gasteiger partial charge on any atom is -0.392 e. The van der Waals surface area contributed by atoms with Crippen molar-refractivity contribution in [2.24, 2.45) is 0 Å². The van der Waals surface area contributed by atoms with Gasteiger partial charge in [0.2, 0.25) is 0 Å². The first-order valence-corrected chi connectivity index (χ1v) is 13.6. The molecule has 0 atom stereocenters. The lowest BCUT2D eigenvalue weighted by Crippen LogP contribution is -2.39. The van der Waals surface area contributed by atoms with Crippen LogP contribution in [0.3, 0.4) is 0 Å². The molecule has 100 valence electrons. The van der Waals surface area contributed by atoms with Gasteiger partial charge in [-0.1, -0.05) is 74.4 Å². The lowest BCUT2D eigenvalue weighted by atomic mass is 10.1. The van der Waals surface area contributed by atoms with Crippen LogP contribution < -0.4 is 5.19 Å². The second-order valence-electron chi connectivity index (χ2n) is 7.03. The van der Waals surface area contributed by atoms with Crippen LogP contribution in [0, 0.1) is 0 Å². The first-order valence-electron chi connectivity index (χ1n) is 6.57. The number of aliphatic hydroxyl groups excluding tert-OH is 1. The molecule has 0 unspecified atom stereocenters. The minimum absolute atomic E-state index is 0.134. The van der Waals surface area contributed by atoms with E-state index in [2.05, 4.69) is 63.2 Å². The van der Waals surface area contributed by atoms with Crippen LogP contribution in [0.4, 0.5) is 0 Å². The third kappa shape index (κ3) is 4.55. The summed E-state index contributed by atoms with van der Waals surface area (Å²) in [6.07, 6.45) is 2.29. The summed E-state index contributed by atoms with van der Waals surface area (Å²) >= 11 is 0. The molecule has 0 aliphatic carbocycles. The fourth-order valence-electron chi connectivity index (χ4n) is 1.84. The second kappa shape index (κ2) is 5.55. The molecule has 3 heteroatoms. The zero-order chi connectivity index (χ0) is 14.0. The molecule has 1 aromatic carbocycles. The third-order valence-electron chi connectivity index (χ3n) is 2.87. The summed E-state index contributed by atoms with van der Waals surface area (Å²) in [7, 11) is -2.53. The quantitative estimate of drug-likeness (QED) is 0.834. The van der Waals surface area contributed by atoms with Gasteiger partial charge in [-0.2, -0.15) is 0 Å². The molecule has 1 aromatic rings. The predicted octanol–water partition coefficient (Wildman–Crippen LogP) is 3.61. The van der Waals surface area contributed by atoms with Crippen molar-refractivity contribution >= 4 is 27.4 Å². The smallest absolute Gasteiger partial charge is 0.0783 e. The van der Waals surface area contributed by atoms with Gasteiger partial charge < -0.3 is 5.11 Å². The molecule has 0 bridgehead atoms. The Morgan fingerprint density at radius 1 is 1.06 bits per heavy atom. The van der Waals surface area contributed by atoms with Crippen molar-refractivity contribution in [2.75, 3.05) is 0 Å². The van der Waals surface area contributed by atoms with Gasteiger partial charge in [-0.3, -0.25) is 0 Å². The van der Waals surface area contributed by atoms with Crippen molar-refractivity contribution in [1.82, 2.24) is 0 Å². The van der Waals surface area contributed by atoms with Crippen molar-refractivity contribution in [2.45, 2.75) is 45.9 Å². The highest BCUT2D eigenvalue weighted by atomic mass is 28.3. The average molecular weight is 279 g/mol. The fraction of sp³-hybridized carbons (Fsp3) is 0.467. The molecular formula is C15H26OSi2. The SMILES string of the molecule is C[Si](C)(C)C=Cc1ccc(CO)cc1[Si](C)(C)C. The molecular weight excluding hydrogens is 252 g/mol. The summed E-state index contributed by atoms with van der Waals surface area (Å²) in [5.74, 6) is 0. The Balaban J connectivity index is 3.23. The van der Waals surface area contributed by atoms with Crippen molar-refractivity contribution in [1.29, 1.82) is 0 Å². The number of rotatable bonds is 4. The van der Waals surface area contributed by atoms with Gasteiger partial charge in [0, 0.05) is 0 Å². The molecule has 1 rings (SSSR count). The van der Waals surface area contributed by atoms with Crippen molar-refractivity contribution < 1.29 is 5.11 Å². The van der Waals surface area contributed by atoms with E-state index >= 15 is 0 Å². The lowest BCUT2D eigenvalue weighted by Gasteiger charge is -2.21. The van der Waals surface area contributed by atoms with E-state index in [-0.39, 0.29) is 6.61 Å². The molecule has 0 heterocycles. The minimum atomic E-state index is -1.37. The van der Waals surface area contributed by atoms with Gasteiger partial charge in [0.15, 0.2) is 0 Å². The highest BCUT2D eigenvalue weighted by molar-refractivity contribution is 6.89. The van der Waals surface area contributed by atoms with E-state index < -0.39 is 16.1 Å². The van der Waals surface area contributed by atoms with Gasteiger partial charge in [0.1, 0.15) is 0 Å². The zero-order valence-corrected chi connectivity index (χ0v) is 14.5. The Hall–Kier alpha value is -0.646. The first kappa shape index (κ1) is 15.4. The lowest BCUT2D eigenvalue weighted by molar-refractivity contribution is 0.282. The summed E-state index contributed by atoms with van der Waals surface area (Å²) in [6.45, 7) is 14.2. The Bertz CT molecular complexity index is 437. The van der Waals surface area contributed by atoms with Gasteiger partial charge in [-0.05, 0) is 11.1 Å². The van der Waals surface area contributed by atoms with Crippen LogP contribution in [0.5, 0.6) is 0 Å². The van der Waals surface area contributed by atoms with E-state index in [4.69, 9.17) is 0 Å². The third-order valence-corrected chi connectivity index (χ3v) is 6.09. The number of hydrogen-bond donors (Lipinski definition) is 1. The van der Waals surface area contributed by atoms with E-state index in [1.807, 2.05) is 6.07 Å². The Morgan fingerprint density at radius 3 is 2.11 bits per heavy atom. The Kier molecular flexibility index (Phi) is 4.75. The number of benzene rings is 1. The van der Waals surface area contributed by atoms with E-state index in [1.54, 1.807) is 0 Å². The van der Waals surface area contributed by atoms with Gasteiger partial charge in [-0.25, -0.2) is 0 Å². The van der Waals surface area contributed by atoms with Gasteiger partial charge in [0.05, 0.1) is 22.8 Å². The molecule has 0 fully saturated rings. The largest absolute Gasteiger partial charge is 0.392 e. The highest BCUT2D eigenvalue weighted by Gasteiger charge is 2.20. The Morgan fingerprint density at radius 2 is 1.67 bits per heavy atom. The topological polar surface area (TPSA) is 20.2 Å². The molecule has 0 saturated carbocycles. The molecule has 0 spiro atoms. The van der Waals surface area contributed by atoms with Crippen LogP contribution in [-0.4, -0.2) is 21.3 Å². The van der Waals surface area contributed by atoms with Crippen LogP contribution in [0.2, 0.25) is 39.3 Å².